The summed E-state index contributed by atoms with van der Waals surface area (Å²) in [6.45, 7) is 2.32. The summed E-state index contributed by atoms with van der Waals surface area (Å²) in [6, 6.07) is 6.36. The first kappa shape index (κ1) is 11.9. The van der Waals surface area contributed by atoms with E-state index < -0.39 is 0 Å². The molecule has 2 atom stereocenters. The van der Waals surface area contributed by atoms with Gasteiger partial charge in [-0.2, -0.15) is 5.26 Å². The van der Waals surface area contributed by atoms with Gasteiger partial charge in [-0.05, 0) is 30.9 Å². The van der Waals surface area contributed by atoms with E-state index in [0.717, 1.165) is 11.7 Å². The Morgan fingerprint density at radius 1 is 1.47 bits per heavy atom. The van der Waals surface area contributed by atoms with E-state index in [0.29, 0.717) is 11.6 Å². The van der Waals surface area contributed by atoms with Crippen molar-refractivity contribution in [2.75, 3.05) is 11.9 Å². The van der Waals surface area contributed by atoms with E-state index in [4.69, 9.17) is 5.26 Å². The summed E-state index contributed by atoms with van der Waals surface area (Å²) < 4.78 is 0. The summed E-state index contributed by atoms with van der Waals surface area (Å²) in [5.74, 6) is 1.72. The number of nitrogens with zero attached hydrogens (tertiary/aromatic N) is 3. The molecule has 1 aromatic rings. The molecule has 0 radical (unpaired) electrons. The number of rotatable bonds is 2. The molecule has 0 bridgehead atoms. The molecule has 0 aliphatic heterocycles. The second-order valence-electron chi connectivity index (χ2n) is 5.05. The van der Waals surface area contributed by atoms with Crippen molar-refractivity contribution < 1.29 is 0 Å². The number of pyridine rings is 1. The molecule has 0 amide bonds. The van der Waals surface area contributed by atoms with E-state index in [1.807, 2.05) is 6.07 Å². The molecular formula is C14H19N3. The van der Waals surface area contributed by atoms with E-state index in [-0.39, 0.29) is 0 Å². The Labute approximate surface area is 103 Å². The van der Waals surface area contributed by atoms with Crippen LogP contribution in [0.2, 0.25) is 0 Å². The third-order valence-electron chi connectivity index (χ3n) is 3.69. The van der Waals surface area contributed by atoms with Crippen LogP contribution < -0.4 is 4.90 Å². The molecule has 1 heterocycles. The van der Waals surface area contributed by atoms with Gasteiger partial charge < -0.3 is 4.90 Å². The molecule has 1 aliphatic rings. The van der Waals surface area contributed by atoms with Gasteiger partial charge in [0.1, 0.15) is 5.82 Å². The highest BCUT2D eigenvalue weighted by Crippen LogP contribution is 2.28. The van der Waals surface area contributed by atoms with Crippen molar-refractivity contribution in [1.82, 2.24) is 4.98 Å². The molecule has 3 nitrogen and oxygen atoms in total. The summed E-state index contributed by atoms with van der Waals surface area (Å²) >= 11 is 0. The number of aromatic nitrogens is 1. The molecule has 3 heteroatoms. The molecule has 17 heavy (non-hydrogen) atoms. The van der Waals surface area contributed by atoms with Crippen molar-refractivity contribution in [3.63, 3.8) is 0 Å². The normalized spacial score (nSPS) is 24.1. The number of hydrogen-bond acceptors (Lipinski definition) is 3. The Morgan fingerprint density at radius 3 is 3.00 bits per heavy atom. The van der Waals surface area contributed by atoms with Crippen LogP contribution in [-0.2, 0) is 0 Å². The van der Waals surface area contributed by atoms with Gasteiger partial charge in [-0.3, -0.25) is 0 Å². The molecular weight excluding hydrogens is 210 g/mol. The summed E-state index contributed by atoms with van der Waals surface area (Å²) in [6.07, 6.45) is 6.83. The first-order chi connectivity index (χ1) is 8.20. The van der Waals surface area contributed by atoms with Crippen LogP contribution >= 0.6 is 0 Å². The van der Waals surface area contributed by atoms with Gasteiger partial charge in [-0.15, -0.1) is 0 Å². The van der Waals surface area contributed by atoms with Gasteiger partial charge in [0.25, 0.3) is 0 Å². The SMILES string of the molecule is CC1CCCC(N(C)c2cc(C#N)ccn2)C1. The van der Waals surface area contributed by atoms with Crippen molar-refractivity contribution in [3.8, 4) is 6.07 Å². The van der Waals surface area contributed by atoms with Crippen LogP contribution in [0.4, 0.5) is 5.82 Å². The van der Waals surface area contributed by atoms with Crippen LogP contribution in [-0.4, -0.2) is 18.1 Å². The average Bonchev–Trinajstić information content (AvgIpc) is 2.38. The van der Waals surface area contributed by atoms with Crippen LogP contribution in [0, 0.1) is 17.2 Å². The zero-order chi connectivity index (χ0) is 12.3. The molecule has 1 aliphatic carbocycles. The smallest absolute Gasteiger partial charge is 0.129 e. The largest absolute Gasteiger partial charge is 0.357 e. The standard InChI is InChI=1S/C14H19N3/c1-11-4-3-5-13(8-11)17(2)14-9-12(10-15)6-7-16-14/h6-7,9,11,13H,3-5,8H2,1-2H3. The van der Waals surface area contributed by atoms with Crippen molar-refractivity contribution in [3.05, 3.63) is 23.9 Å². The fraction of sp³-hybridized carbons (Fsp3) is 0.571. The topological polar surface area (TPSA) is 39.9 Å². The fourth-order valence-electron chi connectivity index (χ4n) is 2.62. The zero-order valence-electron chi connectivity index (χ0n) is 10.6. The lowest BCUT2D eigenvalue weighted by molar-refractivity contribution is 0.335. The molecule has 2 rings (SSSR count). The maximum Gasteiger partial charge on any atom is 0.129 e. The Hall–Kier alpha value is -1.56. The lowest BCUT2D eigenvalue weighted by atomic mass is 9.86. The lowest BCUT2D eigenvalue weighted by Crippen LogP contribution is -2.36. The second-order valence-corrected chi connectivity index (χ2v) is 5.05. The van der Waals surface area contributed by atoms with Crippen LogP contribution in [0.1, 0.15) is 38.2 Å². The van der Waals surface area contributed by atoms with Crippen LogP contribution in [0.25, 0.3) is 0 Å². The summed E-state index contributed by atoms with van der Waals surface area (Å²) in [5, 5.41) is 8.90. The highest BCUT2D eigenvalue weighted by molar-refractivity contribution is 5.45. The molecule has 2 unspecified atom stereocenters. The molecule has 0 spiro atoms. The first-order valence-corrected chi connectivity index (χ1v) is 6.29. The van der Waals surface area contributed by atoms with Crippen molar-refractivity contribution in [2.24, 2.45) is 5.92 Å². The van der Waals surface area contributed by atoms with E-state index in [1.165, 1.54) is 25.7 Å². The number of anilines is 1. The van der Waals surface area contributed by atoms with E-state index >= 15 is 0 Å². The highest BCUT2D eigenvalue weighted by atomic mass is 15.2. The fourth-order valence-corrected chi connectivity index (χ4v) is 2.62. The van der Waals surface area contributed by atoms with Gasteiger partial charge in [0, 0.05) is 19.3 Å². The second kappa shape index (κ2) is 5.18. The number of hydrogen-bond donors (Lipinski definition) is 0. The van der Waals surface area contributed by atoms with Crippen molar-refractivity contribution >= 4 is 5.82 Å². The van der Waals surface area contributed by atoms with Crippen LogP contribution in [0.3, 0.4) is 0 Å². The maximum atomic E-state index is 8.90. The molecule has 0 N–H and O–H groups in total. The zero-order valence-corrected chi connectivity index (χ0v) is 10.6. The highest BCUT2D eigenvalue weighted by Gasteiger charge is 2.23. The molecule has 1 fully saturated rings. The molecule has 1 aromatic heterocycles. The Kier molecular flexibility index (Phi) is 3.63. The van der Waals surface area contributed by atoms with Crippen LogP contribution in [0.15, 0.2) is 18.3 Å². The lowest BCUT2D eigenvalue weighted by Gasteiger charge is -2.34. The molecule has 1 saturated carbocycles. The predicted octanol–water partition coefficient (Wildman–Crippen LogP) is 2.97. The summed E-state index contributed by atoms with van der Waals surface area (Å²) in [5.41, 5.74) is 0.686. The molecule has 0 saturated heterocycles. The minimum Gasteiger partial charge on any atom is -0.357 e. The summed E-state index contributed by atoms with van der Waals surface area (Å²) in [4.78, 5) is 6.59. The van der Waals surface area contributed by atoms with E-state index in [1.54, 1.807) is 12.3 Å². The van der Waals surface area contributed by atoms with Gasteiger partial charge in [-0.1, -0.05) is 19.8 Å². The van der Waals surface area contributed by atoms with E-state index in [2.05, 4.69) is 29.9 Å². The quantitative estimate of drug-likeness (QED) is 0.782. The Bertz CT molecular complexity index is 422. The van der Waals surface area contributed by atoms with Gasteiger partial charge in [-0.25, -0.2) is 4.98 Å². The monoisotopic (exact) mass is 229 g/mol. The molecule has 90 valence electrons. The predicted molar refractivity (Wildman–Crippen MR) is 68.8 cm³/mol. The number of nitriles is 1. The summed E-state index contributed by atoms with van der Waals surface area (Å²) in [7, 11) is 2.09. The van der Waals surface area contributed by atoms with Gasteiger partial charge >= 0.3 is 0 Å². The van der Waals surface area contributed by atoms with Gasteiger partial charge in [0.05, 0.1) is 11.6 Å². The van der Waals surface area contributed by atoms with Crippen LogP contribution in [0.5, 0.6) is 0 Å². The van der Waals surface area contributed by atoms with Gasteiger partial charge in [0.2, 0.25) is 0 Å². The first-order valence-electron chi connectivity index (χ1n) is 6.29. The Balaban J connectivity index is 2.13. The average molecular weight is 229 g/mol. The van der Waals surface area contributed by atoms with Crippen molar-refractivity contribution in [1.29, 1.82) is 5.26 Å². The van der Waals surface area contributed by atoms with Gasteiger partial charge in [0.15, 0.2) is 0 Å². The Morgan fingerprint density at radius 2 is 2.29 bits per heavy atom. The van der Waals surface area contributed by atoms with E-state index in [9.17, 15) is 0 Å². The minimum atomic E-state index is 0.570. The molecule has 0 aromatic carbocycles. The van der Waals surface area contributed by atoms with Crippen molar-refractivity contribution in [2.45, 2.75) is 38.6 Å². The third-order valence-corrected chi connectivity index (χ3v) is 3.69. The maximum absolute atomic E-state index is 8.90. The minimum absolute atomic E-state index is 0.570. The third kappa shape index (κ3) is 2.76.